The molecular weight excluding hydrogens is 412 g/mol. The summed E-state index contributed by atoms with van der Waals surface area (Å²) >= 11 is 0. The van der Waals surface area contributed by atoms with Gasteiger partial charge in [0, 0.05) is 12.2 Å². The highest BCUT2D eigenvalue weighted by atomic mass is 32.2. The third-order valence-corrected chi connectivity index (χ3v) is 7.22. The smallest absolute Gasteiger partial charge is 0.331 e. The molecule has 0 saturated heterocycles. The van der Waals surface area contributed by atoms with E-state index in [9.17, 15) is 26.4 Å². The van der Waals surface area contributed by atoms with Crippen LogP contribution in [0, 0.1) is 0 Å². The van der Waals surface area contributed by atoms with Gasteiger partial charge in [0.1, 0.15) is 13.2 Å². The van der Waals surface area contributed by atoms with E-state index in [4.69, 9.17) is 9.47 Å². The normalized spacial score (nSPS) is 15.0. The van der Waals surface area contributed by atoms with Crippen molar-refractivity contribution in [2.75, 3.05) is 13.2 Å². The lowest BCUT2D eigenvalue weighted by atomic mass is 10.4. The summed E-state index contributed by atoms with van der Waals surface area (Å²) in [6.45, 7) is 8.72. The standard InChI is InChI=1S/C16H30N2O8S2/c1-11(2)27(21,22)17-13(5)9-25-15(19)7-8-16(20)26-10-14(6)18-28(23,24)12(3)4/h7-8,11-14,17-18H,9-10H2,1-6H3/b8-7+/t13-,14-/m1/s1. The van der Waals surface area contributed by atoms with Gasteiger partial charge in [-0.1, -0.05) is 0 Å². The maximum Gasteiger partial charge on any atom is 0.331 e. The van der Waals surface area contributed by atoms with Crippen LogP contribution in [-0.2, 0) is 39.1 Å². The molecule has 0 aromatic heterocycles. The average Bonchev–Trinajstić information content (AvgIpc) is 2.55. The lowest BCUT2D eigenvalue weighted by Gasteiger charge is -2.16. The van der Waals surface area contributed by atoms with Crippen LogP contribution in [0.2, 0.25) is 0 Å². The molecule has 0 aliphatic carbocycles. The summed E-state index contributed by atoms with van der Waals surface area (Å²) in [4.78, 5) is 23.1. The van der Waals surface area contributed by atoms with Crippen LogP contribution < -0.4 is 9.44 Å². The Morgan fingerprint density at radius 3 is 1.25 bits per heavy atom. The number of ether oxygens (including phenoxy) is 2. The molecule has 0 amide bonds. The molecule has 0 unspecified atom stereocenters. The molecule has 0 heterocycles. The van der Waals surface area contributed by atoms with Gasteiger partial charge in [-0.15, -0.1) is 0 Å². The first-order valence-electron chi connectivity index (χ1n) is 8.71. The Kier molecular flexibility index (Phi) is 10.9. The number of nitrogens with one attached hydrogen (secondary N) is 2. The topological polar surface area (TPSA) is 145 Å². The van der Waals surface area contributed by atoms with Gasteiger partial charge in [0.25, 0.3) is 0 Å². The molecule has 28 heavy (non-hydrogen) atoms. The fraction of sp³-hybridized carbons (Fsp3) is 0.750. The minimum Gasteiger partial charge on any atom is -0.461 e. The summed E-state index contributed by atoms with van der Waals surface area (Å²) in [6.07, 6.45) is 1.68. The van der Waals surface area contributed by atoms with Crippen LogP contribution in [0.25, 0.3) is 0 Å². The van der Waals surface area contributed by atoms with Crippen LogP contribution in [0.1, 0.15) is 41.5 Å². The number of hydrogen-bond donors (Lipinski definition) is 2. The third kappa shape index (κ3) is 10.7. The van der Waals surface area contributed by atoms with Crippen molar-refractivity contribution in [1.29, 1.82) is 0 Å². The SMILES string of the molecule is CC(C)S(=O)(=O)N[C@H](C)COC(=O)/C=C/C(=O)OC[C@@H](C)NS(=O)(=O)C(C)C. The predicted molar refractivity (Wildman–Crippen MR) is 104 cm³/mol. The van der Waals surface area contributed by atoms with Crippen LogP contribution in [0.15, 0.2) is 12.2 Å². The second-order valence-electron chi connectivity index (χ2n) is 6.82. The van der Waals surface area contributed by atoms with Crippen LogP contribution in [0.4, 0.5) is 0 Å². The molecule has 0 radical (unpaired) electrons. The Balaban J connectivity index is 4.32. The van der Waals surface area contributed by atoms with E-state index in [-0.39, 0.29) is 13.2 Å². The maximum absolute atomic E-state index is 11.7. The molecule has 0 spiro atoms. The molecule has 0 fully saturated rings. The lowest BCUT2D eigenvalue weighted by Crippen LogP contribution is -2.40. The monoisotopic (exact) mass is 442 g/mol. The molecule has 0 bridgehead atoms. The minimum absolute atomic E-state index is 0.210. The number of hydrogen-bond acceptors (Lipinski definition) is 8. The molecule has 0 aliphatic heterocycles. The molecule has 10 nitrogen and oxygen atoms in total. The molecule has 0 saturated carbocycles. The van der Waals surface area contributed by atoms with E-state index >= 15 is 0 Å². The van der Waals surface area contributed by atoms with Gasteiger partial charge in [0.05, 0.1) is 22.6 Å². The van der Waals surface area contributed by atoms with Crippen molar-refractivity contribution in [2.45, 2.75) is 64.1 Å². The summed E-state index contributed by atoms with van der Waals surface area (Å²) in [6, 6.07) is -1.27. The molecular formula is C16H30N2O8S2. The quantitative estimate of drug-likeness (QED) is 0.319. The van der Waals surface area contributed by atoms with Gasteiger partial charge in [-0.05, 0) is 41.5 Å². The van der Waals surface area contributed by atoms with Gasteiger partial charge in [-0.2, -0.15) is 0 Å². The van der Waals surface area contributed by atoms with Crippen molar-refractivity contribution in [2.24, 2.45) is 0 Å². The second-order valence-corrected chi connectivity index (χ2v) is 11.4. The first-order chi connectivity index (χ1) is 12.7. The van der Waals surface area contributed by atoms with Gasteiger partial charge in [0.2, 0.25) is 20.0 Å². The van der Waals surface area contributed by atoms with E-state index in [1.165, 1.54) is 41.5 Å². The van der Waals surface area contributed by atoms with Crippen molar-refractivity contribution in [1.82, 2.24) is 9.44 Å². The molecule has 12 heteroatoms. The molecule has 2 N–H and O–H groups in total. The summed E-state index contributed by atoms with van der Waals surface area (Å²) in [7, 11) is -6.97. The zero-order valence-electron chi connectivity index (χ0n) is 17.0. The van der Waals surface area contributed by atoms with E-state index in [1.54, 1.807) is 0 Å². The van der Waals surface area contributed by atoms with E-state index in [1.807, 2.05) is 0 Å². The van der Waals surface area contributed by atoms with Crippen molar-refractivity contribution in [3.8, 4) is 0 Å². The van der Waals surface area contributed by atoms with Crippen molar-refractivity contribution in [3.05, 3.63) is 12.2 Å². The Morgan fingerprint density at radius 2 is 1.00 bits per heavy atom. The van der Waals surface area contributed by atoms with E-state index < -0.39 is 54.6 Å². The summed E-state index contributed by atoms with van der Waals surface area (Å²) in [5, 5.41) is -1.24. The largest absolute Gasteiger partial charge is 0.461 e. The Hall–Kier alpha value is -1.50. The number of carbonyl (C=O) groups excluding carboxylic acids is 2. The molecule has 0 rings (SSSR count). The molecule has 0 aromatic rings. The van der Waals surface area contributed by atoms with Crippen molar-refractivity contribution in [3.63, 3.8) is 0 Å². The Bertz CT molecular complexity index is 694. The highest BCUT2D eigenvalue weighted by Crippen LogP contribution is 2.00. The number of esters is 2. The minimum atomic E-state index is -3.49. The average molecular weight is 443 g/mol. The van der Waals surface area contributed by atoms with Gasteiger partial charge in [-0.3, -0.25) is 0 Å². The number of sulfonamides is 2. The van der Waals surface area contributed by atoms with Gasteiger partial charge >= 0.3 is 11.9 Å². The third-order valence-electron chi connectivity index (χ3n) is 3.28. The Labute approximate surface area is 167 Å². The van der Waals surface area contributed by atoms with Crippen LogP contribution in [0.5, 0.6) is 0 Å². The maximum atomic E-state index is 11.7. The first kappa shape index (κ1) is 26.5. The molecule has 0 aromatic carbocycles. The lowest BCUT2D eigenvalue weighted by molar-refractivity contribution is -0.141. The van der Waals surface area contributed by atoms with Crippen LogP contribution in [0.3, 0.4) is 0 Å². The fourth-order valence-corrected chi connectivity index (χ4v) is 3.35. The van der Waals surface area contributed by atoms with E-state index in [2.05, 4.69) is 9.44 Å². The van der Waals surface area contributed by atoms with Gasteiger partial charge in [-0.25, -0.2) is 35.9 Å². The summed E-state index contributed by atoms with van der Waals surface area (Å²) in [5.74, 6) is -1.69. The summed E-state index contributed by atoms with van der Waals surface area (Å²) in [5.41, 5.74) is 0. The van der Waals surface area contributed by atoms with Crippen LogP contribution >= 0.6 is 0 Å². The first-order valence-corrected chi connectivity index (χ1v) is 11.8. The van der Waals surface area contributed by atoms with E-state index in [0.29, 0.717) is 0 Å². The predicted octanol–water partition coefficient (Wildman–Crippen LogP) is 0.0616. The number of rotatable bonds is 12. The van der Waals surface area contributed by atoms with Crippen molar-refractivity contribution < 1.29 is 35.9 Å². The second kappa shape index (κ2) is 11.5. The van der Waals surface area contributed by atoms with E-state index in [0.717, 1.165) is 12.2 Å². The fourth-order valence-electron chi connectivity index (χ4n) is 1.55. The molecule has 164 valence electrons. The van der Waals surface area contributed by atoms with Crippen molar-refractivity contribution >= 4 is 32.0 Å². The summed E-state index contributed by atoms with van der Waals surface area (Å²) < 4.78 is 61.1. The Morgan fingerprint density at radius 1 is 0.714 bits per heavy atom. The zero-order valence-corrected chi connectivity index (χ0v) is 18.6. The zero-order chi connectivity index (χ0) is 22.1. The molecule has 0 aliphatic rings. The van der Waals surface area contributed by atoms with Gasteiger partial charge < -0.3 is 9.47 Å². The van der Waals surface area contributed by atoms with Crippen LogP contribution in [-0.4, -0.2) is 64.6 Å². The highest BCUT2D eigenvalue weighted by Gasteiger charge is 2.20. The number of carbonyl (C=O) groups is 2. The van der Waals surface area contributed by atoms with Gasteiger partial charge in [0.15, 0.2) is 0 Å². The molecule has 2 atom stereocenters. The highest BCUT2D eigenvalue weighted by molar-refractivity contribution is 7.90.